The van der Waals surface area contributed by atoms with Gasteiger partial charge in [-0.3, -0.25) is 9.69 Å². The van der Waals surface area contributed by atoms with Gasteiger partial charge in [0.2, 0.25) is 5.91 Å². The molecule has 7 nitrogen and oxygen atoms in total. The van der Waals surface area contributed by atoms with Crippen LogP contribution in [-0.4, -0.2) is 76.7 Å². The summed E-state index contributed by atoms with van der Waals surface area (Å²) >= 11 is -3.19. The van der Waals surface area contributed by atoms with Gasteiger partial charge in [0.15, 0.2) is 0 Å². The molecule has 154 valence electrons. The van der Waals surface area contributed by atoms with Crippen molar-refractivity contribution in [3.63, 3.8) is 0 Å². The molecule has 3 saturated heterocycles. The monoisotopic (exact) mass is 460 g/mol. The summed E-state index contributed by atoms with van der Waals surface area (Å²) in [5.74, 6) is 1.35. The van der Waals surface area contributed by atoms with Gasteiger partial charge in [0.1, 0.15) is 0 Å². The molecular formula is C21H25AsN2O5. The van der Waals surface area contributed by atoms with Crippen molar-refractivity contribution < 1.29 is 21.8 Å². The molecule has 6 aliphatic rings. The molecule has 0 unspecified atom stereocenters. The van der Waals surface area contributed by atoms with Crippen LogP contribution in [0.25, 0.3) is 0 Å². The Balaban J connectivity index is 0.000000382. The average molecular weight is 460 g/mol. The van der Waals surface area contributed by atoms with Crippen LogP contribution in [0.1, 0.15) is 24.8 Å². The van der Waals surface area contributed by atoms with E-state index in [4.69, 9.17) is 17.0 Å². The average Bonchev–Trinajstić information content (AvgIpc) is 3.15. The normalized spacial score (nSPS) is 40.8. The molecule has 1 amide bonds. The summed E-state index contributed by atoms with van der Waals surface area (Å²) in [6, 6.07) is 9.64. The fraction of sp³-hybridized carbons (Fsp3) is 0.571. The van der Waals surface area contributed by atoms with Crippen molar-refractivity contribution in [2.45, 2.75) is 42.9 Å². The van der Waals surface area contributed by atoms with Gasteiger partial charge in [0, 0.05) is 29.6 Å². The first-order valence-electron chi connectivity index (χ1n) is 10.4. The second-order valence-corrected chi connectivity index (χ2v) is 10.2. The number of piperidine rings is 2. The van der Waals surface area contributed by atoms with E-state index in [1.165, 1.54) is 30.6 Å². The van der Waals surface area contributed by atoms with Gasteiger partial charge < -0.3 is 9.64 Å². The Morgan fingerprint density at radius 3 is 2.83 bits per heavy atom. The topological polar surface area (TPSA) is 93.5 Å². The maximum atomic E-state index is 13.2. The van der Waals surface area contributed by atoms with Gasteiger partial charge in [-0.2, -0.15) is 0 Å². The standard InChI is InChI=1S/C21H22N2O2.AsH3O3/c24-18-10-16-19-13-9-17-21(6-7-22(17)11-12(13)5-8-25-16)14-3-1-2-4-15(14)23(18)20(19)21;2-1(3)4/h1-5,13,16-17,19-20H,6-11H2;2-4H/t13-,16-,17-,19-,20-,21+;/m0./s1. The number of rotatable bonds is 0. The van der Waals surface area contributed by atoms with E-state index in [9.17, 15) is 4.79 Å². The van der Waals surface area contributed by atoms with Crippen LogP contribution in [0.2, 0.25) is 0 Å². The quantitative estimate of drug-likeness (QED) is 0.374. The molecule has 3 N–H and O–H groups in total. The van der Waals surface area contributed by atoms with E-state index >= 15 is 0 Å². The first-order valence-corrected chi connectivity index (χ1v) is 12.9. The van der Waals surface area contributed by atoms with Crippen LogP contribution < -0.4 is 4.90 Å². The molecule has 1 saturated carbocycles. The van der Waals surface area contributed by atoms with Gasteiger partial charge in [-0.1, -0.05) is 29.8 Å². The second kappa shape index (κ2) is 6.39. The molecule has 29 heavy (non-hydrogen) atoms. The molecular weight excluding hydrogens is 435 g/mol. The SMILES string of the molecule is O=C1C[C@@H]2OCC=C3CN4CC[C@]56c7ccccc7N1[C@H]5[C@H]2[C@H]3C[C@H]46.O[As](O)O. The number of hydrogen-bond acceptors (Lipinski definition) is 6. The van der Waals surface area contributed by atoms with Crippen molar-refractivity contribution in [2.75, 3.05) is 24.6 Å². The van der Waals surface area contributed by atoms with Gasteiger partial charge in [-0.15, -0.1) is 0 Å². The predicted molar refractivity (Wildman–Crippen MR) is 106 cm³/mol. The number of fused-ring (bicyclic) bond motifs is 2. The molecule has 1 spiro atoms. The molecule has 0 radical (unpaired) electrons. The molecule has 5 heterocycles. The third-order valence-corrected chi connectivity index (χ3v) is 8.22. The molecule has 6 atom stereocenters. The van der Waals surface area contributed by atoms with Crippen LogP contribution in [-0.2, 0) is 14.9 Å². The van der Waals surface area contributed by atoms with Crippen molar-refractivity contribution in [1.82, 2.24) is 4.90 Å². The van der Waals surface area contributed by atoms with E-state index in [0.717, 1.165) is 6.54 Å². The van der Waals surface area contributed by atoms with E-state index in [1.807, 2.05) is 0 Å². The Kier molecular flexibility index (Phi) is 4.09. The summed E-state index contributed by atoms with van der Waals surface area (Å²) in [6.45, 7) is 2.97. The molecule has 5 aliphatic heterocycles. The Bertz CT molecular complexity index is 904. The predicted octanol–water partition coefficient (Wildman–Crippen LogP) is 0.0407. The van der Waals surface area contributed by atoms with E-state index in [0.29, 0.717) is 36.9 Å². The number of ether oxygens (including phenoxy) is 1. The van der Waals surface area contributed by atoms with Crippen LogP contribution in [0.4, 0.5) is 5.69 Å². The van der Waals surface area contributed by atoms with E-state index in [1.54, 1.807) is 5.57 Å². The molecule has 4 fully saturated rings. The van der Waals surface area contributed by atoms with Crippen molar-refractivity contribution in [3.05, 3.63) is 41.5 Å². The summed E-state index contributed by atoms with van der Waals surface area (Å²) in [5, 5.41) is 0. The third-order valence-electron chi connectivity index (χ3n) is 8.22. The number of amides is 1. The first-order chi connectivity index (χ1) is 14.0. The summed E-state index contributed by atoms with van der Waals surface area (Å²) < 4.78 is 28.2. The summed E-state index contributed by atoms with van der Waals surface area (Å²) in [4.78, 5) is 18.1. The number of carbonyl (C=O) groups excluding carboxylic acids is 1. The Morgan fingerprint density at radius 1 is 1.21 bits per heavy atom. The Hall–Kier alpha value is -1.21. The van der Waals surface area contributed by atoms with E-state index < -0.39 is 15.7 Å². The Labute approximate surface area is 174 Å². The van der Waals surface area contributed by atoms with Crippen molar-refractivity contribution in [1.29, 1.82) is 0 Å². The van der Waals surface area contributed by atoms with Gasteiger partial charge in [-0.25, -0.2) is 0 Å². The summed E-state index contributed by atoms with van der Waals surface area (Å²) in [6.07, 6.45) is 5.43. The zero-order chi connectivity index (χ0) is 19.9. The first kappa shape index (κ1) is 18.5. The number of benzene rings is 1. The second-order valence-electron chi connectivity index (χ2n) is 9.05. The summed E-state index contributed by atoms with van der Waals surface area (Å²) in [7, 11) is 0. The third kappa shape index (κ3) is 2.34. The van der Waals surface area contributed by atoms with Crippen LogP contribution >= 0.6 is 0 Å². The van der Waals surface area contributed by atoms with Crippen LogP contribution in [0.15, 0.2) is 35.9 Å². The minimum atomic E-state index is -3.19. The van der Waals surface area contributed by atoms with Crippen molar-refractivity contribution >= 4 is 27.3 Å². The van der Waals surface area contributed by atoms with E-state index in [-0.39, 0.29) is 17.4 Å². The number of anilines is 1. The number of carbonyl (C=O) groups is 1. The van der Waals surface area contributed by atoms with Crippen molar-refractivity contribution in [2.24, 2.45) is 11.8 Å². The fourth-order valence-corrected chi connectivity index (χ4v) is 7.51. The molecule has 1 aliphatic carbocycles. The van der Waals surface area contributed by atoms with Crippen LogP contribution in [0, 0.1) is 11.8 Å². The van der Waals surface area contributed by atoms with Crippen LogP contribution in [0.3, 0.4) is 0 Å². The zero-order valence-electron chi connectivity index (χ0n) is 16.0. The molecule has 1 aromatic carbocycles. The van der Waals surface area contributed by atoms with Gasteiger partial charge in [0.25, 0.3) is 0 Å². The zero-order valence-corrected chi connectivity index (χ0v) is 17.9. The van der Waals surface area contributed by atoms with Gasteiger partial charge in [0.05, 0.1) is 25.2 Å². The molecule has 7 rings (SSSR count). The van der Waals surface area contributed by atoms with Gasteiger partial charge in [-0.05, 0) is 36.9 Å². The van der Waals surface area contributed by atoms with Crippen LogP contribution in [0.5, 0.6) is 0 Å². The van der Waals surface area contributed by atoms with Crippen molar-refractivity contribution in [3.8, 4) is 0 Å². The molecule has 2 bridgehead atoms. The summed E-state index contributed by atoms with van der Waals surface area (Å²) in [5.41, 5.74) is 4.35. The molecule has 1 aromatic rings. The fourth-order valence-electron chi connectivity index (χ4n) is 7.51. The Morgan fingerprint density at radius 2 is 2.00 bits per heavy atom. The minimum absolute atomic E-state index is 0.104. The number of hydrogen-bond donors (Lipinski definition) is 3. The maximum absolute atomic E-state index is 13.2. The molecule has 8 heteroatoms. The molecule has 0 aromatic heterocycles. The van der Waals surface area contributed by atoms with E-state index in [2.05, 4.69) is 40.1 Å². The van der Waals surface area contributed by atoms with Gasteiger partial charge >= 0.3 is 28.0 Å². The number of para-hydroxylation sites is 1. The number of nitrogens with zero attached hydrogens (tertiary/aromatic N) is 2.